The van der Waals surface area contributed by atoms with Crippen LogP contribution >= 0.6 is 24.0 Å². The molecule has 1 N–H and O–H groups in total. The molecule has 20 heavy (non-hydrogen) atoms. The van der Waals surface area contributed by atoms with Crippen molar-refractivity contribution in [1.82, 2.24) is 9.78 Å². The first-order valence-corrected chi connectivity index (χ1v) is 7.68. The number of aromatic amines is 1. The van der Waals surface area contributed by atoms with Gasteiger partial charge in [-0.2, -0.15) is 0 Å². The van der Waals surface area contributed by atoms with Crippen LogP contribution in [-0.2, 0) is 0 Å². The van der Waals surface area contributed by atoms with Gasteiger partial charge in [-0.3, -0.25) is 9.89 Å². The summed E-state index contributed by atoms with van der Waals surface area (Å²) in [5, 5.41) is 2.99. The predicted molar refractivity (Wildman–Crippen MR) is 85.5 cm³/mol. The highest BCUT2D eigenvalue weighted by molar-refractivity contribution is 8.23. The van der Waals surface area contributed by atoms with E-state index in [-0.39, 0.29) is 11.4 Å². The fourth-order valence-electron chi connectivity index (χ4n) is 1.83. The average molecular weight is 310 g/mol. The van der Waals surface area contributed by atoms with Crippen molar-refractivity contribution in [2.75, 3.05) is 5.75 Å². The maximum absolute atomic E-state index is 12.9. The monoisotopic (exact) mass is 310 g/mol. The number of nitrogens with zero attached hydrogens (tertiary/aromatic N) is 1. The average Bonchev–Trinajstić information content (AvgIpc) is 2.72. The SMILES string of the molecule is CCCSC(=S)c1c(C)[nH]n(-c2ccc(F)cc2)c1=O. The topological polar surface area (TPSA) is 37.8 Å². The van der Waals surface area contributed by atoms with Gasteiger partial charge in [0, 0.05) is 5.69 Å². The molecule has 3 nitrogen and oxygen atoms in total. The molecule has 0 fully saturated rings. The van der Waals surface area contributed by atoms with E-state index in [0.29, 0.717) is 15.4 Å². The molecule has 6 heteroatoms. The standard InChI is InChI=1S/C14H15FN2OS2/c1-3-8-20-14(19)12-9(2)16-17(13(12)18)11-6-4-10(15)5-7-11/h4-7,16H,3,8H2,1-2H3. The molecule has 0 spiro atoms. The van der Waals surface area contributed by atoms with E-state index in [4.69, 9.17) is 12.2 Å². The molecule has 0 bridgehead atoms. The zero-order valence-electron chi connectivity index (χ0n) is 11.3. The molecule has 2 aromatic rings. The largest absolute Gasteiger partial charge is 0.295 e. The number of thiocarbonyl (C=S) groups is 1. The third-order valence-electron chi connectivity index (χ3n) is 2.80. The number of halogens is 1. The highest BCUT2D eigenvalue weighted by Gasteiger charge is 2.16. The van der Waals surface area contributed by atoms with Crippen LogP contribution in [0, 0.1) is 12.7 Å². The lowest BCUT2D eigenvalue weighted by Gasteiger charge is -2.00. The summed E-state index contributed by atoms with van der Waals surface area (Å²) in [6.45, 7) is 3.88. The Hall–Kier alpha value is -1.40. The zero-order valence-corrected chi connectivity index (χ0v) is 12.9. The summed E-state index contributed by atoms with van der Waals surface area (Å²) in [5.74, 6) is 0.554. The number of hydrogen-bond acceptors (Lipinski definition) is 3. The Labute approximate surface area is 126 Å². The van der Waals surface area contributed by atoms with Crippen LogP contribution in [0.2, 0.25) is 0 Å². The molecule has 2 rings (SSSR count). The maximum Gasteiger partial charge on any atom is 0.280 e. The number of benzene rings is 1. The fraction of sp³-hybridized carbons (Fsp3) is 0.286. The summed E-state index contributed by atoms with van der Waals surface area (Å²) >= 11 is 6.82. The second kappa shape index (κ2) is 6.37. The number of H-pyrrole nitrogens is 1. The smallest absolute Gasteiger partial charge is 0.280 e. The Morgan fingerprint density at radius 3 is 2.65 bits per heavy atom. The van der Waals surface area contributed by atoms with Crippen molar-refractivity contribution in [3.8, 4) is 5.69 Å². The number of aryl methyl sites for hydroxylation is 1. The van der Waals surface area contributed by atoms with Crippen LogP contribution in [-0.4, -0.2) is 19.7 Å². The minimum absolute atomic E-state index is 0.192. The van der Waals surface area contributed by atoms with Gasteiger partial charge in [0.05, 0.1) is 15.4 Å². The molecular weight excluding hydrogens is 295 g/mol. The Morgan fingerprint density at radius 1 is 1.40 bits per heavy atom. The van der Waals surface area contributed by atoms with Crippen LogP contribution in [0.25, 0.3) is 5.69 Å². The first kappa shape index (κ1) is 15.0. The Morgan fingerprint density at radius 2 is 2.05 bits per heavy atom. The maximum atomic E-state index is 12.9. The highest BCUT2D eigenvalue weighted by Crippen LogP contribution is 2.16. The van der Waals surface area contributed by atoms with Crippen LogP contribution in [0.1, 0.15) is 24.6 Å². The van der Waals surface area contributed by atoms with Crippen molar-refractivity contribution >= 4 is 28.2 Å². The molecule has 0 aliphatic heterocycles. The normalized spacial score (nSPS) is 10.8. The van der Waals surface area contributed by atoms with E-state index in [1.165, 1.54) is 28.6 Å². The summed E-state index contributed by atoms with van der Waals surface area (Å²) in [5.41, 5.74) is 1.66. The minimum Gasteiger partial charge on any atom is -0.295 e. The molecule has 0 aliphatic carbocycles. The van der Waals surface area contributed by atoms with Gasteiger partial charge in [0.15, 0.2) is 0 Å². The lowest BCUT2D eigenvalue weighted by Crippen LogP contribution is -2.19. The van der Waals surface area contributed by atoms with Gasteiger partial charge in [0.2, 0.25) is 0 Å². The lowest BCUT2D eigenvalue weighted by molar-refractivity contribution is 0.627. The van der Waals surface area contributed by atoms with Crippen LogP contribution in [0.3, 0.4) is 0 Å². The molecule has 0 radical (unpaired) electrons. The van der Waals surface area contributed by atoms with E-state index < -0.39 is 0 Å². The molecule has 0 unspecified atom stereocenters. The molecule has 0 aliphatic rings. The molecule has 0 saturated carbocycles. The summed E-state index contributed by atoms with van der Waals surface area (Å²) in [4.78, 5) is 12.4. The second-order valence-corrected chi connectivity index (χ2v) is 6.14. The van der Waals surface area contributed by atoms with Crippen molar-refractivity contribution in [2.45, 2.75) is 20.3 Å². The van der Waals surface area contributed by atoms with Crippen molar-refractivity contribution < 1.29 is 4.39 Å². The van der Waals surface area contributed by atoms with Crippen molar-refractivity contribution in [3.63, 3.8) is 0 Å². The molecule has 0 saturated heterocycles. The third kappa shape index (κ3) is 3.02. The molecule has 1 heterocycles. The van der Waals surface area contributed by atoms with E-state index in [0.717, 1.165) is 17.9 Å². The Kier molecular flexibility index (Phi) is 4.77. The summed E-state index contributed by atoms with van der Waals surface area (Å²) in [6, 6.07) is 5.75. The molecule has 0 atom stereocenters. The van der Waals surface area contributed by atoms with Crippen LogP contribution in [0.5, 0.6) is 0 Å². The van der Waals surface area contributed by atoms with E-state index in [9.17, 15) is 9.18 Å². The Balaban J connectivity index is 2.41. The van der Waals surface area contributed by atoms with Gasteiger partial charge in [-0.25, -0.2) is 9.07 Å². The van der Waals surface area contributed by atoms with Gasteiger partial charge in [-0.1, -0.05) is 19.1 Å². The van der Waals surface area contributed by atoms with Gasteiger partial charge in [-0.05, 0) is 43.4 Å². The van der Waals surface area contributed by atoms with Crippen molar-refractivity contribution in [1.29, 1.82) is 0 Å². The first-order chi connectivity index (χ1) is 9.54. The van der Waals surface area contributed by atoms with Gasteiger partial charge >= 0.3 is 0 Å². The summed E-state index contributed by atoms with van der Waals surface area (Å²) in [6.07, 6.45) is 1.00. The summed E-state index contributed by atoms with van der Waals surface area (Å²) < 4.78 is 14.9. The minimum atomic E-state index is -0.334. The Bertz CT molecular complexity index is 673. The second-order valence-electron chi connectivity index (χ2n) is 4.36. The highest BCUT2D eigenvalue weighted by atomic mass is 32.2. The number of aromatic nitrogens is 2. The third-order valence-corrected chi connectivity index (χ3v) is 4.43. The number of rotatable bonds is 4. The van der Waals surface area contributed by atoms with E-state index in [1.807, 2.05) is 6.92 Å². The van der Waals surface area contributed by atoms with Gasteiger partial charge in [-0.15, -0.1) is 11.8 Å². The van der Waals surface area contributed by atoms with E-state index >= 15 is 0 Å². The predicted octanol–water partition coefficient (Wildman–Crippen LogP) is 3.43. The van der Waals surface area contributed by atoms with E-state index in [2.05, 4.69) is 12.0 Å². The number of nitrogens with one attached hydrogen (secondary N) is 1. The van der Waals surface area contributed by atoms with Gasteiger partial charge < -0.3 is 0 Å². The van der Waals surface area contributed by atoms with Gasteiger partial charge in [0.1, 0.15) is 5.82 Å². The molecular formula is C14H15FN2OS2. The number of hydrogen-bond donors (Lipinski definition) is 1. The van der Waals surface area contributed by atoms with Gasteiger partial charge in [0.25, 0.3) is 5.56 Å². The van der Waals surface area contributed by atoms with Crippen molar-refractivity contribution in [2.24, 2.45) is 0 Å². The van der Waals surface area contributed by atoms with Crippen molar-refractivity contribution in [3.05, 3.63) is 51.7 Å². The first-order valence-electron chi connectivity index (χ1n) is 6.29. The quantitative estimate of drug-likeness (QED) is 0.879. The summed E-state index contributed by atoms with van der Waals surface area (Å²) in [7, 11) is 0. The zero-order chi connectivity index (χ0) is 14.7. The van der Waals surface area contributed by atoms with Crippen LogP contribution in [0.15, 0.2) is 29.1 Å². The number of thioether (sulfide) groups is 1. The lowest BCUT2D eigenvalue weighted by atomic mass is 10.3. The fourth-order valence-corrected chi connectivity index (χ4v) is 3.09. The molecule has 106 valence electrons. The van der Waals surface area contributed by atoms with Crippen LogP contribution in [0.4, 0.5) is 4.39 Å². The molecule has 0 amide bonds. The molecule has 1 aromatic heterocycles. The molecule has 1 aromatic carbocycles. The van der Waals surface area contributed by atoms with E-state index in [1.54, 1.807) is 12.1 Å². The van der Waals surface area contributed by atoms with Crippen LogP contribution < -0.4 is 5.56 Å².